The van der Waals surface area contributed by atoms with Gasteiger partial charge in [-0.3, -0.25) is 4.99 Å². The number of rotatable bonds is 4. The van der Waals surface area contributed by atoms with E-state index < -0.39 is 0 Å². The minimum absolute atomic E-state index is 0. The third-order valence-corrected chi connectivity index (χ3v) is 4.99. The van der Waals surface area contributed by atoms with Crippen LogP contribution in [-0.4, -0.2) is 26.7 Å². The molecule has 5 nitrogen and oxygen atoms in total. The number of halogens is 1. The monoisotopic (exact) mass is 369 g/mol. The molecule has 1 aromatic carbocycles. The summed E-state index contributed by atoms with van der Waals surface area (Å²) in [5.74, 6) is 0.812. The molecule has 0 amide bonds. The van der Waals surface area contributed by atoms with Gasteiger partial charge in [-0.2, -0.15) is 4.98 Å². The van der Waals surface area contributed by atoms with Crippen molar-refractivity contribution in [3.05, 3.63) is 35.9 Å². The number of nitrogens with one attached hydrogen (secondary N) is 2. The molecule has 3 aromatic rings. The third-order valence-electron chi connectivity index (χ3n) is 4.99. The summed E-state index contributed by atoms with van der Waals surface area (Å²) in [6.45, 7) is 10.3. The first-order chi connectivity index (χ1) is 12.8. The van der Waals surface area contributed by atoms with E-state index in [0.717, 1.165) is 33.4 Å². The number of benzene rings is 1. The molecule has 1 aliphatic heterocycles. The Balaban J connectivity index is 0.00000150. The van der Waals surface area contributed by atoms with E-state index in [2.05, 4.69) is 45.2 Å². The zero-order valence-electron chi connectivity index (χ0n) is 16.3. The van der Waals surface area contributed by atoms with E-state index >= 15 is 0 Å². The maximum absolute atomic E-state index is 14.8. The van der Waals surface area contributed by atoms with Crippen molar-refractivity contribution < 1.29 is 7.24 Å². The molecule has 1 aliphatic rings. The summed E-state index contributed by atoms with van der Waals surface area (Å²) in [6.07, 6.45) is 3.65. The van der Waals surface area contributed by atoms with Crippen LogP contribution in [0.3, 0.4) is 0 Å². The molecule has 0 radical (unpaired) electrons. The van der Waals surface area contributed by atoms with Crippen molar-refractivity contribution in [2.24, 2.45) is 10.9 Å². The van der Waals surface area contributed by atoms with Gasteiger partial charge in [-0.1, -0.05) is 13.8 Å². The molecule has 144 valence electrons. The lowest BCUT2D eigenvalue weighted by atomic mass is 9.85. The van der Waals surface area contributed by atoms with Crippen molar-refractivity contribution >= 4 is 28.4 Å². The Hall–Kier alpha value is -2.76. The molecule has 0 saturated heterocycles. The Kier molecular flexibility index (Phi) is 4.21. The van der Waals surface area contributed by atoms with Crippen LogP contribution in [0.25, 0.3) is 22.2 Å². The van der Waals surface area contributed by atoms with Gasteiger partial charge in [-0.15, -0.1) is 0 Å². The van der Waals surface area contributed by atoms with E-state index in [1.165, 1.54) is 0 Å². The summed E-state index contributed by atoms with van der Waals surface area (Å²) in [5.41, 5.74) is 4.87. The molecule has 2 N–H and O–H groups in total. The summed E-state index contributed by atoms with van der Waals surface area (Å²) in [6, 6.07) is 3.87. The van der Waals surface area contributed by atoms with Gasteiger partial charge in [0, 0.05) is 43.9 Å². The Morgan fingerprint density at radius 1 is 1.22 bits per heavy atom. The van der Waals surface area contributed by atoms with E-state index in [4.69, 9.17) is 0 Å². The Labute approximate surface area is 161 Å². The number of aromatic nitrogens is 3. The summed E-state index contributed by atoms with van der Waals surface area (Å²) in [5, 5.41) is 4.07. The van der Waals surface area contributed by atoms with Crippen LogP contribution in [0.2, 0.25) is 0 Å². The average Bonchev–Trinajstić information content (AvgIpc) is 3.14. The molecule has 0 aliphatic carbocycles. The fourth-order valence-electron chi connectivity index (χ4n) is 3.92. The van der Waals surface area contributed by atoms with Crippen molar-refractivity contribution in [2.75, 3.05) is 5.32 Å². The highest BCUT2D eigenvalue weighted by atomic mass is 19.1. The second kappa shape index (κ2) is 6.44. The van der Waals surface area contributed by atoms with Crippen LogP contribution >= 0.6 is 0 Å². The second-order valence-corrected chi connectivity index (χ2v) is 7.83. The number of fused-ring (bicyclic) bond motifs is 2. The predicted octanol–water partition coefficient (Wildman–Crippen LogP) is 5.92. The normalized spacial score (nSPS) is 16.3. The van der Waals surface area contributed by atoms with Gasteiger partial charge in [0.05, 0.1) is 0 Å². The number of aliphatic imine (C=N–C) groups is 1. The number of hydrogen-bond acceptors (Lipinski definition) is 4. The molecule has 0 bridgehead atoms. The van der Waals surface area contributed by atoms with Gasteiger partial charge in [0.25, 0.3) is 0 Å². The second-order valence-electron chi connectivity index (χ2n) is 7.83. The zero-order valence-corrected chi connectivity index (χ0v) is 16.3. The van der Waals surface area contributed by atoms with Crippen LogP contribution < -0.4 is 5.32 Å². The molecule has 6 heteroatoms. The first-order valence-electron chi connectivity index (χ1n) is 9.34. The van der Waals surface area contributed by atoms with E-state index in [1.807, 2.05) is 27.0 Å². The van der Waals surface area contributed by atoms with Crippen LogP contribution in [0.5, 0.6) is 0 Å². The minimum Gasteiger partial charge on any atom is -0.352 e. The zero-order chi connectivity index (χ0) is 19.3. The lowest BCUT2D eigenvalue weighted by Gasteiger charge is -2.17. The third kappa shape index (κ3) is 2.99. The molecule has 0 spiro atoms. The van der Waals surface area contributed by atoms with E-state index in [-0.39, 0.29) is 20.6 Å². The molecule has 1 unspecified atom stereocenters. The van der Waals surface area contributed by atoms with Gasteiger partial charge >= 0.3 is 0 Å². The number of anilines is 1. The molecule has 0 fully saturated rings. The van der Waals surface area contributed by atoms with Gasteiger partial charge in [0.1, 0.15) is 17.2 Å². The molecule has 3 heterocycles. The summed E-state index contributed by atoms with van der Waals surface area (Å²) < 4.78 is 14.8. The van der Waals surface area contributed by atoms with E-state index in [1.54, 1.807) is 12.3 Å². The van der Waals surface area contributed by atoms with Gasteiger partial charge in [-0.25, -0.2) is 9.37 Å². The fourth-order valence-corrected chi connectivity index (χ4v) is 3.92. The number of aromatic amines is 1. The maximum atomic E-state index is 14.8. The van der Waals surface area contributed by atoms with Crippen LogP contribution in [0.1, 0.15) is 49.0 Å². The lowest BCUT2D eigenvalue weighted by Crippen LogP contribution is -2.12. The number of hydrogen-bond donors (Lipinski definition) is 2. The lowest BCUT2D eigenvalue weighted by molar-refractivity contribution is 0.601. The smallest absolute Gasteiger partial charge is 0.224 e. The molecular weight excluding hydrogens is 341 g/mol. The van der Waals surface area contributed by atoms with Gasteiger partial charge in [0.2, 0.25) is 5.95 Å². The van der Waals surface area contributed by atoms with Crippen LogP contribution in [-0.2, 0) is 0 Å². The van der Waals surface area contributed by atoms with Crippen molar-refractivity contribution in [1.82, 2.24) is 15.0 Å². The van der Waals surface area contributed by atoms with Crippen LogP contribution in [0.15, 0.2) is 29.5 Å². The first kappa shape index (κ1) is 17.6. The Morgan fingerprint density at radius 3 is 2.70 bits per heavy atom. The molecule has 27 heavy (non-hydrogen) atoms. The minimum atomic E-state index is -0.279. The van der Waals surface area contributed by atoms with Crippen molar-refractivity contribution in [3.8, 4) is 11.1 Å². The van der Waals surface area contributed by atoms with Gasteiger partial charge < -0.3 is 10.3 Å². The SMILES string of the molecule is CC1=Nc2c(F)cc(-c3c[nH]c4nc(NC(C)C)ncc34)cc2C1C(C)C.[HH].[HH]. The van der Waals surface area contributed by atoms with E-state index in [0.29, 0.717) is 17.6 Å². The quantitative estimate of drug-likeness (QED) is 0.600. The predicted molar refractivity (Wildman–Crippen MR) is 113 cm³/mol. The Bertz CT molecular complexity index is 1060. The standard InChI is InChI=1S/C21H24FN5.2H2/c1-10(2)18-12(5)26-19-14(18)6-13(7-17(19)22)15-8-23-20-16(15)9-24-21(27-20)25-11(3)4;;/h6-11,18H,1-5H3,(H2,23,24,25,27);2*1H. The van der Waals surface area contributed by atoms with Crippen molar-refractivity contribution in [1.29, 1.82) is 0 Å². The van der Waals surface area contributed by atoms with Crippen LogP contribution in [0, 0.1) is 11.7 Å². The van der Waals surface area contributed by atoms with Crippen molar-refractivity contribution in [2.45, 2.75) is 46.6 Å². The average molecular weight is 369 g/mol. The fraction of sp³-hybridized carbons (Fsp3) is 0.381. The molecule has 4 rings (SSSR count). The molecule has 2 aromatic heterocycles. The number of H-pyrrole nitrogens is 1. The molecular formula is C21H28FN5. The first-order valence-corrected chi connectivity index (χ1v) is 9.34. The molecule has 0 saturated carbocycles. The van der Waals surface area contributed by atoms with E-state index in [9.17, 15) is 4.39 Å². The largest absolute Gasteiger partial charge is 0.352 e. The Morgan fingerprint density at radius 2 is 2.00 bits per heavy atom. The summed E-state index contributed by atoms with van der Waals surface area (Å²) in [7, 11) is 0. The van der Waals surface area contributed by atoms with Crippen molar-refractivity contribution in [3.63, 3.8) is 0 Å². The highest BCUT2D eigenvalue weighted by Crippen LogP contribution is 2.44. The van der Waals surface area contributed by atoms with Crippen LogP contribution in [0.4, 0.5) is 16.0 Å². The van der Waals surface area contributed by atoms with Gasteiger partial charge in [0.15, 0.2) is 0 Å². The molecule has 1 atom stereocenters. The highest BCUT2D eigenvalue weighted by molar-refractivity contribution is 5.99. The number of nitrogens with zero attached hydrogens (tertiary/aromatic N) is 3. The summed E-state index contributed by atoms with van der Waals surface area (Å²) >= 11 is 0. The van der Waals surface area contributed by atoms with Gasteiger partial charge in [-0.05, 0) is 49.9 Å². The topological polar surface area (TPSA) is 66.0 Å². The highest BCUT2D eigenvalue weighted by Gasteiger charge is 2.30. The summed E-state index contributed by atoms with van der Waals surface area (Å²) in [4.78, 5) is 16.6. The maximum Gasteiger partial charge on any atom is 0.224 e.